The first-order chi connectivity index (χ1) is 13.5. The van der Waals surface area contributed by atoms with E-state index in [9.17, 15) is 14.7 Å². The summed E-state index contributed by atoms with van der Waals surface area (Å²) < 4.78 is 10.4. The van der Waals surface area contributed by atoms with Crippen LogP contribution in [0.15, 0.2) is 54.1 Å². The van der Waals surface area contributed by atoms with E-state index in [1.807, 2.05) is 55.5 Å². The summed E-state index contributed by atoms with van der Waals surface area (Å²) >= 11 is 0. The molecule has 0 radical (unpaired) electrons. The van der Waals surface area contributed by atoms with Gasteiger partial charge in [0.25, 0.3) is 0 Å². The van der Waals surface area contributed by atoms with Gasteiger partial charge in [0.1, 0.15) is 0 Å². The van der Waals surface area contributed by atoms with Crippen molar-refractivity contribution in [3.63, 3.8) is 0 Å². The molecule has 0 saturated heterocycles. The molecule has 0 aliphatic heterocycles. The van der Waals surface area contributed by atoms with Crippen LogP contribution in [0.1, 0.15) is 51.7 Å². The van der Waals surface area contributed by atoms with Gasteiger partial charge in [0, 0.05) is 0 Å². The summed E-state index contributed by atoms with van der Waals surface area (Å²) in [6.07, 6.45) is 6.33. The van der Waals surface area contributed by atoms with E-state index in [0.29, 0.717) is 19.3 Å². The van der Waals surface area contributed by atoms with Crippen molar-refractivity contribution in [2.75, 3.05) is 13.2 Å². The zero-order valence-electron chi connectivity index (χ0n) is 16.9. The first-order valence-electron chi connectivity index (χ1n) is 9.87. The fourth-order valence-corrected chi connectivity index (χ4v) is 3.68. The molecule has 1 saturated carbocycles. The molecule has 1 fully saturated rings. The van der Waals surface area contributed by atoms with Crippen LogP contribution in [-0.2, 0) is 19.1 Å². The summed E-state index contributed by atoms with van der Waals surface area (Å²) in [5, 5.41) is 10.3. The van der Waals surface area contributed by atoms with Crippen LogP contribution in [0.4, 0.5) is 0 Å². The van der Waals surface area contributed by atoms with E-state index in [4.69, 9.17) is 9.47 Å². The van der Waals surface area contributed by atoms with E-state index in [1.54, 1.807) is 13.8 Å². The maximum absolute atomic E-state index is 12.6. The minimum atomic E-state index is -1.29. The molecule has 1 aliphatic rings. The summed E-state index contributed by atoms with van der Waals surface area (Å²) in [6, 6.07) is 9.47. The molecule has 2 atom stereocenters. The number of esters is 2. The van der Waals surface area contributed by atoms with Gasteiger partial charge in [-0.1, -0.05) is 54.1 Å². The molecular weight excluding hydrogens is 356 g/mol. The van der Waals surface area contributed by atoms with Crippen molar-refractivity contribution >= 4 is 11.9 Å². The Labute approximate surface area is 167 Å². The van der Waals surface area contributed by atoms with Crippen LogP contribution in [0.2, 0.25) is 0 Å². The maximum atomic E-state index is 12.6. The van der Waals surface area contributed by atoms with Crippen LogP contribution in [0.25, 0.3) is 0 Å². The summed E-state index contributed by atoms with van der Waals surface area (Å²) in [7, 11) is 0. The number of allylic oxidation sites excluding steroid dienone is 3. The van der Waals surface area contributed by atoms with Crippen LogP contribution in [0.5, 0.6) is 0 Å². The summed E-state index contributed by atoms with van der Waals surface area (Å²) in [5.41, 5.74) is 0.574. The molecule has 1 aromatic rings. The number of carbonyl (C=O) groups excluding carboxylic acids is 2. The van der Waals surface area contributed by atoms with E-state index in [2.05, 4.69) is 0 Å². The third-order valence-electron chi connectivity index (χ3n) is 5.17. The van der Waals surface area contributed by atoms with Gasteiger partial charge in [0.2, 0.25) is 0 Å². The normalized spacial score (nSPS) is 21.0. The number of aliphatic hydroxyl groups is 1. The minimum Gasteiger partial charge on any atom is -0.465 e. The fraction of sp³-hybridized carbons (Fsp3) is 0.478. The molecule has 0 spiro atoms. The van der Waals surface area contributed by atoms with Gasteiger partial charge < -0.3 is 14.6 Å². The smallest absolute Gasteiger partial charge is 0.323 e. The fourth-order valence-electron chi connectivity index (χ4n) is 3.68. The minimum absolute atomic E-state index is 0.0678. The van der Waals surface area contributed by atoms with Gasteiger partial charge in [-0.05, 0) is 51.5 Å². The average molecular weight is 386 g/mol. The molecular formula is C23H30O5. The van der Waals surface area contributed by atoms with Crippen LogP contribution in [-0.4, -0.2) is 30.3 Å². The molecule has 0 aromatic heterocycles. The molecule has 2 unspecified atom stereocenters. The van der Waals surface area contributed by atoms with Crippen LogP contribution in [0, 0.1) is 11.3 Å². The molecule has 2 rings (SSSR count). The Kier molecular flexibility index (Phi) is 8.00. The first-order valence-corrected chi connectivity index (χ1v) is 9.87. The Morgan fingerprint density at radius 2 is 1.79 bits per heavy atom. The van der Waals surface area contributed by atoms with Gasteiger partial charge >= 0.3 is 11.9 Å². The Hall–Kier alpha value is -2.40. The standard InChI is InChI=1S/C23H30O5/c1-4-17-15-23(21(25)27-5-2,22(26)28-6-3)16-19(17)13-10-14-20(24)18-11-8-7-9-12-18/h4,7-13,19-20,24H,5-6,14-16H2,1-3H3/b13-10+,17-4-. The lowest BCUT2D eigenvalue weighted by atomic mass is 9.85. The SMILES string of the molecule is C/C=C1/CC(C(=O)OCC)(C(=O)OCC)CC1/C=C/CC(O)c1ccccc1. The largest absolute Gasteiger partial charge is 0.465 e. The highest BCUT2D eigenvalue weighted by atomic mass is 16.6. The number of aliphatic hydroxyl groups excluding tert-OH is 1. The van der Waals surface area contributed by atoms with Gasteiger partial charge in [-0.3, -0.25) is 9.59 Å². The van der Waals surface area contributed by atoms with Crippen LogP contribution >= 0.6 is 0 Å². The topological polar surface area (TPSA) is 72.8 Å². The van der Waals surface area contributed by atoms with Crippen molar-refractivity contribution in [2.45, 2.75) is 46.1 Å². The lowest BCUT2D eigenvalue weighted by Gasteiger charge is -2.24. The molecule has 1 aromatic carbocycles. The molecule has 5 heteroatoms. The van der Waals surface area contributed by atoms with Crippen molar-refractivity contribution in [2.24, 2.45) is 11.3 Å². The van der Waals surface area contributed by atoms with E-state index in [1.165, 1.54) is 0 Å². The zero-order chi connectivity index (χ0) is 20.6. The highest BCUT2D eigenvalue weighted by Crippen LogP contribution is 2.48. The number of hydrogen-bond donors (Lipinski definition) is 1. The van der Waals surface area contributed by atoms with Crippen molar-refractivity contribution < 1.29 is 24.2 Å². The van der Waals surface area contributed by atoms with Crippen molar-refractivity contribution in [3.8, 4) is 0 Å². The van der Waals surface area contributed by atoms with Gasteiger partial charge in [-0.15, -0.1) is 0 Å². The third kappa shape index (κ3) is 4.90. The van der Waals surface area contributed by atoms with Gasteiger partial charge in [-0.2, -0.15) is 0 Å². The lowest BCUT2D eigenvalue weighted by Crippen LogP contribution is -2.40. The van der Waals surface area contributed by atoms with E-state index < -0.39 is 23.5 Å². The molecule has 0 amide bonds. The predicted molar refractivity (Wildman–Crippen MR) is 107 cm³/mol. The van der Waals surface area contributed by atoms with Crippen LogP contribution < -0.4 is 0 Å². The molecule has 1 aliphatic carbocycles. The first kappa shape index (κ1) is 21.9. The second kappa shape index (κ2) is 10.2. The number of carbonyl (C=O) groups is 2. The van der Waals surface area contributed by atoms with E-state index >= 15 is 0 Å². The summed E-state index contributed by atoms with van der Waals surface area (Å²) in [4.78, 5) is 25.3. The maximum Gasteiger partial charge on any atom is 0.323 e. The Morgan fingerprint density at radius 1 is 1.18 bits per heavy atom. The van der Waals surface area contributed by atoms with Crippen molar-refractivity contribution in [1.82, 2.24) is 0 Å². The Bertz CT molecular complexity index is 702. The van der Waals surface area contributed by atoms with Gasteiger partial charge in [0.15, 0.2) is 5.41 Å². The van der Waals surface area contributed by atoms with E-state index in [0.717, 1.165) is 11.1 Å². The highest BCUT2D eigenvalue weighted by Gasteiger charge is 2.55. The molecule has 5 nitrogen and oxygen atoms in total. The Balaban J connectivity index is 2.16. The van der Waals surface area contributed by atoms with Gasteiger partial charge in [0.05, 0.1) is 19.3 Å². The number of benzene rings is 1. The monoisotopic (exact) mass is 386 g/mol. The zero-order valence-corrected chi connectivity index (χ0v) is 16.9. The number of ether oxygens (including phenoxy) is 2. The van der Waals surface area contributed by atoms with E-state index in [-0.39, 0.29) is 19.1 Å². The summed E-state index contributed by atoms with van der Waals surface area (Å²) in [6.45, 7) is 5.79. The van der Waals surface area contributed by atoms with Gasteiger partial charge in [-0.25, -0.2) is 0 Å². The van der Waals surface area contributed by atoms with Crippen LogP contribution in [0.3, 0.4) is 0 Å². The molecule has 152 valence electrons. The Morgan fingerprint density at radius 3 is 2.32 bits per heavy atom. The number of rotatable bonds is 8. The average Bonchev–Trinajstić information content (AvgIpc) is 3.09. The number of hydrogen-bond acceptors (Lipinski definition) is 5. The third-order valence-corrected chi connectivity index (χ3v) is 5.17. The lowest BCUT2D eigenvalue weighted by molar-refractivity contribution is -0.171. The van der Waals surface area contributed by atoms with Crippen molar-refractivity contribution in [3.05, 3.63) is 59.7 Å². The second-order valence-electron chi connectivity index (χ2n) is 6.96. The molecule has 28 heavy (non-hydrogen) atoms. The second-order valence-corrected chi connectivity index (χ2v) is 6.96. The highest BCUT2D eigenvalue weighted by molar-refractivity contribution is 6.01. The van der Waals surface area contributed by atoms with Crippen molar-refractivity contribution in [1.29, 1.82) is 0 Å². The molecule has 0 bridgehead atoms. The predicted octanol–water partition coefficient (Wildman–Crippen LogP) is 4.14. The quantitative estimate of drug-likeness (QED) is 0.413. The molecule has 1 N–H and O–H groups in total. The molecule has 0 heterocycles. The summed E-state index contributed by atoms with van der Waals surface area (Å²) in [5.74, 6) is -1.11.